The van der Waals surface area contributed by atoms with E-state index in [0.29, 0.717) is 22.5 Å². The highest BCUT2D eigenvalue weighted by atomic mass is 32.2. The molecule has 1 unspecified atom stereocenters. The third-order valence-electron chi connectivity index (χ3n) is 3.98. The summed E-state index contributed by atoms with van der Waals surface area (Å²) < 4.78 is 14.6. The number of aromatic amines is 1. The van der Waals surface area contributed by atoms with Gasteiger partial charge in [-0.2, -0.15) is 0 Å². The zero-order valence-electron chi connectivity index (χ0n) is 15.4. The van der Waals surface area contributed by atoms with E-state index in [1.807, 2.05) is 6.92 Å². The van der Waals surface area contributed by atoms with Crippen LogP contribution in [0.5, 0.6) is 0 Å². The maximum Gasteiger partial charge on any atom is 0.343 e. The summed E-state index contributed by atoms with van der Waals surface area (Å²) in [7, 11) is 0. The van der Waals surface area contributed by atoms with Crippen molar-refractivity contribution in [2.45, 2.75) is 43.6 Å². The van der Waals surface area contributed by atoms with E-state index in [2.05, 4.69) is 20.5 Å². The van der Waals surface area contributed by atoms with E-state index in [1.54, 1.807) is 29.0 Å². The molecule has 3 rings (SSSR count). The van der Waals surface area contributed by atoms with Crippen molar-refractivity contribution in [3.05, 3.63) is 45.9 Å². The average Bonchev–Trinajstić information content (AvgIpc) is 3.28. The van der Waals surface area contributed by atoms with Crippen LogP contribution in [-0.2, 0) is 11.3 Å². The van der Waals surface area contributed by atoms with Gasteiger partial charge in [-0.05, 0) is 37.6 Å². The molecule has 0 fully saturated rings. The molecule has 1 aromatic carbocycles. The number of anilines is 1. The second kappa shape index (κ2) is 9.16. The first kappa shape index (κ1) is 20.3. The van der Waals surface area contributed by atoms with Gasteiger partial charge >= 0.3 is 5.69 Å². The third kappa shape index (κ3) is 4.87. The van der Waals surface area contributed by atoms with E-state index in [0.717, 1.165) is 18.4 Å². The van der Waals surface area contributed by atoms with Crippen molar-refractivity contribution < 1.29 is 9.18 Å². The van der Waals surface area contributed by atoms with Crippen molar-refractivity contribution in [2.24, 2.45) is 0 Å². The summed E-state index contributed by atoms with van der Waals surface area (Å²) in [4.78, 5) is 28.7. The van der Waals surface area contributed by atoms with Crippen LogP contribution < -0.4 is 11.0 Å². The fraction of sp³-hybridized carbons (Fsp3) is 0.333. The summed E-state index contributed by atoms with van der Waals surface area (Å²) in [5.74, 6) is -0.545. The topological polar surface area (TPSA) is 92.7 Å². The molecule has 2 N–H and O–H groups in total. The van der Waals surface area contributed by atoms with E-state index in [-0.39, 0.29) is 17.4 Å². The maximum absolute atomic E-state index is 13.0. The molecule has 0 spiro atoms. The Morgan fingerprint density at radius 3 is 2.86 bits per heavy atom. The maximum atomic E-state index is 13.0. The quantitative estimate of drug-likeness (QED) is 0.541. The van der Waals surface area contributed by atoms with Crippen LogP contribution in [0.3, 0.4) is 0 Å². The lowest BCUT2D eigenvalue weighted by atomic mass is 10.2. The number of carbonyl (C=O) groups excluding carboxylic acids is 1. The molecule has 3 aromatic rings. The predicted molar refractivity (Wildman–Crippen MR) is 109 cm³/mol. The van der Waals surface area contributed by atoms with Gasteiger partial charge in [0.15, 0.2) is 10.3 Å². The summed E-state index contributed by atoms with van der Waals surface area (Å²) in [6.45, 7) is 4.36. The Bertz CT molecular complexity index is 996. The van der Waals surface area contributed by atoms with E-state index < -0.39 is 5.25 Å². The number of aromatic nitrogens is 4. The molecule has 2 aromatic heterocycles. The fourth-order valence-electron chi connectivity index (χ4n) is 2.41. The van der Waals surface area contributed by atoms with Crippen LogP contribution in [0.15, 0.2) is 39.6 Å². The minimum absolute atomic E-state index is 0.234. The summed E-state index contributed by atoms with van der Waals surface area (Å²) in [5, 5.41) is 11.5. The molecule has 1 amide bonds. The van der Waals surface area contributed by atoms with Crippen LogP contribution in [0.4, 0.5) is 9.52 Å². The van der Waals surface area contributed by atoms with Crippen molar-refractivity contribution >= 4 is 34.1 Å². The third-order valence-corrected chi connectivity index (χ3v) is 5.83. The zero-order valence-corrected chi connectivity index (χ0v) is 17.1. The monoisotopic (exact) mass is 421 g/mol. The van der Waals surface area contributed by atoms with Crippen molar-refractivity contribution in [3.8, 4) is 11.3 Å². The SMILES string of the molecule is CCCCn1c(SC(C)C(=O)Nc2nc(-c3ccc(F)cc3)cs2)n[nH]c1=O. The van der Waals surface area contributed by atoms with E-state index in [9.17, 15) is 14.0 Å². The lowest BCUT2D eigenvalue weighted by Gasteiger charge is -2.10. The number of H-pyrrole nitrogens is 1. The van der Waals surface area contributed by atoms with Crippen molar-refractivity contribution in [1.29, 1.82) is 0 Å². The van der Waals surface area contributed by atoms with Crippen LogP contribution in [0.1, 0.15) is 26.7 Å². The molecule has 7 nitrogen and oxygen atoms in total. The van der Waals surface area contributed by atoms with Gasteiger partial charge in [0.1, 0.15) is 5.82 Å². The first-order chi connectivity index (χ1) is 13.5. The van der Waals surface area contributed by atoms with Crippen molar-refractivity contribution in [2.75, 3.05) is 5.32 Å². The van der Waals surface area contributed by atoms with Crippen LogP contribution >= 0.6 is 23.1 Å². The molecule has 10 heteroatoms. The van der Waals surface area contributed by atoms with Crippen molar-refractivity contribution in [1.82, 2.24) is 19.7 Å². The number of thioether (sulfide) groups is 1. The number of rotatable bonds is 8. The molecule has 0 aliphatic heterocycles. The van der Waals surface area contributed by atoms with Gasteiger partial charge in [-0.3, -0.25) is 9.36 Å². The molecule has 0 aliphatic rings. The lowest BCUT2D eigenvalue weighted by Crippen LogP contribution is -2.24. The van der Waals surface area contributed by atoms with Crippen LogP contribution in [0.2, 0.25) is 0 Å². The first-order valence-electron chi connectivity index (χ1n) is 8.82. The van der Waals surface area contributed by atoms with Gasteiger partial charge in [-0.1, -0.05) is 25.1 Å². The molecule has 0 aliphatic carbocycles. The molecule has 1 atom stereocenters. The highest BCUT2D eigenvalue weighted by molar-refractivity contribution is 8.00. The number of nitrogens with zero attached hydrogens (tertiary/aromatic N) is 3. The number of hydrogen-bond donors (Lipinski definition) is 2. The summed E-state index contributed by atoms with van der Waals surface area (Å²) in [6.07, 6.45) is 1.82. The molecule has 148 valence electrons. The van der Waals surface area contributed by atoms with Gasteiger partial charge in [-0.15, -0.1) is 16.4 Å². The van der Waals surface area contributed by atoms with E-state index in [1.165, 1.54) is 35.2 Å². The van der Waals surface area contributed by atoms with Gasteiger partial charge in [-0.25, -0.2) is 19.3 Å². The number of amides is 1. The normalized spacial score (nSPS) is 12.1. The Balaban J connectivity index is 1.64. The zero-order chi connectivity index (χ0) is 20.1. The number of halogens is 1. The number of thiazole rings is 1. The Morgan fingerprint density at radius 2 is 2.14 bits per heavy atom. The Morgan fingerprint density at radius 1 is 1.39 bits per heavy atom. The number of benzene rings is 1. The molecule has 0 bridgehead atoms. The minimum atomic E-state index is -0.464. The van der Waals surface area contributed by atoms with Gasteiger partial charge in [0.25, 0.3) is 0 Å². The van der Waals surface area contributed by atoms with Gasteiger partial charge in [0.05, 0.1) is 10.9 Å². The van der Waals surface area contributed by atoms with Gasteiger partial charge in [0, 0.05) is 17.5 Å². The molecule has 28 heavy (non-hydrogen) atoms. The molecular weight excluding hydrogens is 401 g/mol. The Labute approximate surface area is 169 Å². The van der Waals surface area contributed by atoms with Crippen molar-refractivity contribution in [3.63, 3.8) is 0 Å². The number of unbranched alkanes of at least 4 members (excludes halogenated alkanes) is 1. The number of hydrogen-bond acceptors (Lipinski definition) is 6. The second-order valence-electron chi connectivity index (χ2n) is 6.11. The lowest BCUT2D eigenvalue weighted by molar-refractivity contribution is -0.115. The summed E-state index contributed by atoms with van der Waals surface area (Å²) in [5.41, 5.74) is 1.17. The molecule has 0 saturated heterocycles. The van der Waals surface area contributed by atoms with E-state index >= 15 is 0 Å². The van der Waals surface area contributed by atoms with E-state index in [4.69, 9.17) is 0 Å². The fourth-order valence-corrected chi connectivity index (χ4v) is 4.01. The highest BCUT2D eigenvalue weighted by Crippen LogP contribution is 2.26. The average molecular weight is 422 g/mol. The van der Waals surface area contributed by atoms with Gasteiger partial charge in [0.2, 0.25) is 5.91 Å². The molecule has 2 heterocycles. The highest BCUT2D eigenvalue weighted by Gasteiger charge is 2.20. The van der Waals surface area contributed by atoms with Gasteiger partial charge < -0.3 is 5.32 Å². The first-order valence-corrected chi connectivity index (χ1v) is 10.6. The summed E-state index contributed by atoms with van der Waals surface area (Å²) >= 11 is 2.51. The Kier molecular flexibility index (Phi) is 6.63. The largest absolute Gasteiger partial charge is 0.343 e. The molecule has 0 saturated carbocycles. The van der Waals surface area contributed by atoms with Crippen LogP contribution in [-0.4, -0.2) is 30.9 Å². The molecular formula is C18H20FN5O2S2. The van der Waals surface area contributed by atoms with Crippen LogP contribution in [0, 0.1) is 5.82 Å². The number of nitrogens with one attached hydrogen (secondary N) is 2. The summed E-state index contributed by atoms with van der Waals surface area (Å²) in [6, 6.07) is 6.02. The van der Waals surface area contributed by atoms with Crippen LogP contribution in [0.25, 0.3) is 11.3 Å². The number of carbonyl (C=O) groups is 1. The second-order valence-corrected chi connectivity index (χ2v) is 8.28. The Hall–Kier alpha value is -2.46. The minimum Gasteiger partial charge on any atom is -0.301 e. The standard InChI is InChI=1S/C18H20FN5O2S2/c1-3-4-9-24-17(26)22-23-18(24)28-11(2)15(25)21-16-20-14(10-27-16)12-5-7-13(19)8-6-12/h5-8,10-11H,3-4,9H2,1-2H3,(H,22,26)(H,20,21,25). The predicted octanol–water partition coefficient (Wildman–Crippen LogP) is 3.75. The molecule has 0 radical (unpaired) electrons. The smallest absolute Gasteiger partial charge is 0.301 e.